The minimum absolute atomic E-state index is 0.548. The molecule has 0 amide bonds. The largest absolute Gasteiger partial charge is 0.330 e. The van der Waals surface area contributed by atoms with Crippen LogP contribution in [0.1, 0.15) is 5.82 Å². The van der Waals surface area contributed by atoms with Crippen LogP contribution in [0.4, 0.5) is 0 Å². The molecule has 0 saturated carbocycles. The summed E-state index contributed by atoms with van der Waals surface area (Å²) in [7, 11) is 0. The molecule has 0 spiro atoms. The summed E-state index contributed by atoms with van der Waals surface area (Å²) in [6.07, 6.45) is 2.41. The van der Waals surface area contributed by atoms with E-state index >= 15 is 0 Å². The highest BCUT2D eigenvalue weighted by atomic mass is 35.5. The van der Waals surface area contributed by atoms with Gasteiger partial charge in [-0.05, 0) is 18.7 Å². The summed E-state index contributed by atoms with van der Waals surface area (Å²) in [5.74, 6) is 0.750. The first-order chi connectivity index (χ1) is 7.81. The second-order valence-corrected chi connectivity index (χ2v) is 3.78. The molecule has 3 nitrogen and oxygen atoms in total. The molecule has 0 unspecified atom stereocenters. The van der Waals surface area contributed by atoms with E-state index in [1.54, 1.807) is 6.20 Å². The molecule has 4 heteroatoms. The van der Waals surface area contributed by atoms with Crippen molar-refractivity contribution >= 4 is 11.6 Å². The smallest absolute Gasteiger partial charge is 0.130 e. The number of aromatic nitrogens is 2. The molecule has 1 aromatic carbocycles. The summed E-state index contributed by atoms with van der Waals surface area (Å²) in [5.41, 5.74) is 7.23. The fourth-order valence-corrected chi connectivity index (χ4v) is 1.70. The summed E-state index contributed by atoms with van der Waals surface area (Å²) in [6.45, 7) is 0.548. The predicted molar refractivity (Wildman–Crippen MR) is 65.2 cm³/mol. The van der Waals surface area contributed by atoms with E-state index in [2.05, 4.69) is 9.97 Å². The number of hydrogen-bond acceptors (Lipinski definition) is 3. The van der Waals surface area contributed by atoms with Crippen LogP contribution in [-0.2, 0) is 6.42 Å². The summed E-state index contributed by atoms with van der Waals surface area (Å²) >= 11 is 6.10. The number of nitrogens with two attached hydrogens (primary N) is 1. The van der Waals surface area contributed by atoms with E-state index in [1.807, 2.05) is 30.3 Å². The van der Waals surface area contributed by atoms with Gasteiger partial charge in [-0.1, -0.05) is 29.8 Å². The van der Waals surface area contributed by atoms with Crippen LogP contribution in [-0.4, -0.2) is 16.5 Å². The molecule has 0 aliphatic heterocycles. The second-order valence-electron chi connectivity index (χ2n) is 3.38. The molecule has 16 heavy (non-hydrogen) atoms. The predicted octanol–water partition coefficient (Wildman–Crippen LogP) is 2.30. The molecule has 2 aromatic rings. The SMILES string of the molecule is NCCc1nccc(-c2ccccc2Cl)n1. The molecule has 0 radical (unpaired) electrons. The van der Waals surface area contributed by atoms with Crippen LogP contribution in [0.5, 0.6) is 0 Å². The van der Waals surface area contributed by atoms with E-state index in [4.69, 9.17) is 17.3 Å². The Labute approximate surface area is 99.3 Å². The van der Waals surface area contributed by atoms with E-state index < -0.39 is 0 Å². The van der Waals surface area contributed by atoms with Gasteiger partial charge < -0.3 is 5.73 Å². The van der Waals surface area contributed by atoms with Crippen LogP contribution < -0.4 is 5.73 Å². The van der Waals surface area contributed by atoms with Crippen molar-refractivity contribution in [2.75, 3.05) is 6.54 Å². The van der Waals surface area contributed by atoms with Crippen LogP contribution in [0.3, 0.4) is 0 Å². The average molecular weight is 234 g/mol. The Hall–Kier alpha value is -1.45. The van der Waals surface area contributed by atoms with Crippen LogP contribution >= 0.6 is 11.6 Å². The Bertz CT molecular complexity index is 485. The molecule has 2 N–H and O–H groups in total. The summed E-state index contributed by atoms with van der Waals surface area (Å²) in [5, 5.41) is 0.694. The summed E-state index contributed by atoms with van der Waals surface area (Å²) in [4.78, 5) is 8.57. The first-order valence-corrected chi connectivity index (χ1v) is 5.46. The maximum absolute atomic E-state index is 6.10. The maximum atomic E-state index is 6.10. The number of rotatable bonds is 3. The highest BCUT2D eigenvalue weighted by molar-refractivity contribution is 6.33. The van der Waals surface area contributed by atoms with Crippen molar-refractivity contribution in [3.63, 3.8) is 0 Å². The van der Waals surface area contributed by atoms with Crippen molar-refractivity contribution in [1.29, 1.82) is 0 Å². The quantitative estimate of drug-likeness (QED) is 0.885. The minimum atomic E-state index is 0.548. The number of halogens is 1. The lowest BCUT2D eigenvalue weighted by atomic mass is 10.1. The standard InChI is InChI=1S/C12H12ClN3/c13-10-4-2-1-3-9(10)11-6-8-15-12(16-11)5-7-14/h1-4,6,8H,5,7,14H2. The number of benzene rings is 1. The maximum Gasteiger partial charge on any atom is 0.130 e. The van der Waals surface area contributed by atoms with Gasteiger partial charge in [0.05, 0.1) is 5.69 Å². The Morgan fingerprint density at radius 1 is 1.19 bits per heavy atom. The van der Waals surface area contributed by atoms with Gasteiger partial charge in [0, 0.05) is 23.2 Å². The van der Waals surface area contributed by atoms with Gasteiger partial charge in [0.2, 0.25) is 0 Å². The van der Waals surface area contributed by atoms with E-state index in [1.165, 1.54) is 0 Å². The Kier molecular flexibility index (Phi) is 3.49. The zero-order chi connectivity index (χ0) is 11.4. The van der Waals surface area contributed by atoms with Crippen molar-refractivity contribution in [2.45, 2.75) is 6.42 Å². The van der Waals surface area contributed by atoms with E-state index in [-0.39, 0.29) is 0 Å². The first-order valence-electron chi connectivity index (χ1n) is 5.08. The molecule has 1 heterocycles. The van der Waals surface area contributed by atoms with Gasteiger partial charge in [0.25, 0.3) is 0 Å². The van der Waals surface area contributed by atoms with Gasteiger partial charge in [0.1, 0.15) is 5.82 Å². The zero-order valence-corrected chi connectivity index (χ0v) is 9.48. The normalized spacial score (nSPS) is 10.4. The van der Waals surface area contributed by atoms with E-state index in [9.17, 15) is 0 Å². The molecular formula is C12H12ClN3. The lowest BCUT2D eigenvalue weighted by Gasteiger charge is -2.04. The van der Waals surface area contributed by atoms with E-state index in [0.29, 0.717) is 18.0 Å². The molecular weight excluding hydrogens is 222 g/mol. The second kappa shape index (κ2) is 5.05. The van der Waals surface area contributed by atoms with Gasteiger partial charge in [-0.3, -0.25) is 0 Å². The molecule has 82 valence electrons. The molecule has 0 aliphatic rings. The lowest BCUT2D eigenvalue weighted by molar-refractivity contribution is 0.869. The van der Waals surface area contributed by atoms with E-state index in [0.717, 1.165) is 17.1 Å². The van der Waals surface area contributed by atoms with Gasteiger partial charge in [0.15, 0.2) is 0 Å². The van der Waals surface area contributed by atoms with Crippen molar-refractivity contribution in [1.82, 2.24) is 9.97 Å². The molecule has 0 saturated heterocycles. The third-order valence-electron chi connectivity index (χ3n) is 2.22. The van der Waals surface area contributed by atoms with Crippen LogP contribution in [0.15, 0.2) is 36.5 Å². The fourth-order valence-electron chi connectivity index (χ4n) is 1.47. The molecule has 1 aromatic heterocycles. The van der Waals surface area contributed by atoms with Crippen molar-refractivity contribution in [3.8, 4) is 11.3 Å². The van der Waals surface area contributed by atoms with Crippen molar-refractivity contribution in [3.05, 3.63) is 47.4 Å². The van der Waals surface area contributed by atoms with Gasteiger partial charge >= 0.3 is 0 Å². The Balaban J connectivity index is 2.40. The molecule has 0 fully saturated rings. The summed E-state index contributed by atoms with van der Waals surface area (Å²) in [6, 6.07) is 9.47. The van der Waals surface area contributed by atoms with Crippen LogP contribution in [0.25, 0.3) is 11.3 Å². The highest BCUT2D eigenvalue weighted by Crippen LogP contribution is 2.25. The van der Waals surface area contributed by atoms with Crippen molar-refractivity contribution in [2.24, 2.45) is 5.73 Å². The van der Waals surface area contributed by atoms with Gasteiger partial charge in [-0.25, -0.2) is 9.97 Å². The topological polar surface area (TPSA) is 51.8 Å². The highest BCUT2D eigenvalue weighted by Gasteiger charge is 2.05. The Morgan fingerprint density at radius 3 is 2.75 bits per heavy atom. The van der Waals surface area contributed by atoms with Gasteiger partial charge in [-0.2, -0.15) is 0 Å². The number of hydrogen-bond donors (Lipinski definition) is 1. The lowest BCUT2D eigenvalue weighted by Crippen LogP contribution is -2.06. The third-order valence-corrected chi connectivity index (χ3v) is 2.55. The fraction of sp³-hybridized carbons (Fsp3) is 0.167. The monoisotopic (exact) mass is 233 g/mol. The zero-order valence-electron chi connectivity index (χ0n) is 8.73. The van der Waals surface area contributed by atoms with Crippen LogP contribution in [0, 0.1) is 0 Å². The minimum Gasteiger partial charge on any atom is -0.330 e. The van der Waals surface area contributed by atoms with Crippen molar-refractivity contribution < 1.29 is 0 Å². The van der Waals surface area contributed by atoms with Gasteiger partial charge in [-0.15, -0.1) is 0 Å². The summed E-state index contributed by atoms with van der Waals surface area (Å²) < 4.78 is 0. The molecule has 2 rings (SSSR count). The average Bonchev–Trinajstić information content (AvgIpc) is 2.30. The first kappa shape index (κ1) is 11.0. The molecule has 0 bridgehead atoms. The van der Waals surface area contributed by atoms with Crippen LogP contribution in [0.2, 0.25) is 5.02 Å². The molecule has 0 aliphatic carbocycles. The number of nitrogens with zero attached hydrogens (tertiary/aromatic N) is 2. The molecule has 0 atom stereocenters. The Morgan fingerprint density at radius 2 is 2.00 bits per heavy atom. The third kappa shape index (κ3) is 2.38.